The highest BCUT2D eigenvalue weighted by Gasteiger charge is 2.46. The second-order valence-corrected chi connectivity index (χ2v) is 5.76. The van der Waals surface area contributed by atoms with Gasteiger partial charge in [0, 0.05) is 5.92 Å². The lowest BCUT2D eigenvalue weighted by Crippen LogP contribution is -2.56. The average Bonchev–Trinajstić information content (AvgIpc) is 2.87. The Kier molecular flexibility index (Phi) is 2.24. The molecule has 3 heteroatoms. The smallest absolute Gasteiger partial charge is 0.0901 e. The molecule has 3 nitrogen and oxygen atoms in total. The highest BCUT2D eigenvalue weighted by Crippen LogP contribution is 2.39. The largest absolute Gasteiger partial charge is 0.301 e. The van der Waals surface area contributed by atoms with Crippen molar-refractivity contribution in [3.05, 3.63) is 35.4 Å². The molecule has 2 unspecified atom stereocenters. The minimum absolute atomic E-state index is 0.365. The molecule has 4 heterocycles. The lowest BCUT2D eigenvalue weighted by atomic mass is 9.78. The van der Waals surface area contributed by atoms with Gasteiger partial charge in [0.2, 0.25) is 0 Å². The molecule has 0 amide bonds. The zero-order chi connectivity index (χ0) is 12.1. The van der Waals surface area contributed by atoms with Crippen LogP contribution in [-0.2, 0) is 0 Å². The van der Waals surface area contributed by atoms with Crippen LogP contribution in [0, 0.1) is 12.8 Å². The van der Waals surface area contributed by atoms with E-state index in [9.17, 15) is 0 Å². The summed E-state index contributed by atoms with van der Waals surface area (Å²) in [5, 5.41) is 4.66. The first-order valence-corrected chi connectivity index (χ1v) is 6.97. The van der Waals surface area contributed by atoms with Crippen molar-refractivity contribution in [3.8, 4) is 0 Å². The van der Waals surface area contributed by atoms with Crippen molar-refractivity contribution in [2.24, 2.45) is 11.0 Å². The Morgan fingerprint density at radius 2 is 2.00 bits per heavy atom. The van der Waals surface area contributed by atoms with Crippen molar-refractivity contribution in [2.75, 3.05) is 13.1 Å². The maximum Gasteiger partial charge on any atom is 0.0901 e. The number of nitrogens with zero attached hydrogens (tertiary/aromatic N) is 2. The molecule has 0 aromatic heterocycles. The van der Waals surface area contributed by atoms with Crippen molar-refractivity contribution >= 4 is 5.71 Å². The molecule has 0 spiro atoms. The lowest BCUT2D eigenvalue weighted by Gasteiger charge is -2.45. The van der Waals surface area contributed by atoms with Gasteiger partial charge in [-0.15, -0.1) is 0 Å². The molecule has 3 fully saturated rings. The Hall–Kier alpha value is -1.35. The summed E-state index contributed by atoms with van der Waals surface area (Å²) >= 11 is 0. The average molecular weight is 241 g/mol. The van der Waals surface area contributed by atoms with Crippen molar-refractivity contribution in [1.29, 1.82) is 0 Å². The van der Waals surface area contributed by atoms with Crippen LogP contribution < -0.4 is 5.43 Å². The van der Waals surface area contributed by atoms with E-state index < -0.39 is 0 Å². The fraction of sp³-hybridized carbons (Fsp3) is 0.533. The maximum absolute atomic E-state index is 4.66. The lowest BCUT2D eigenvalue weighted by molar-refractivity contribution is 0.133. The van der Waals surface area contributed by atoms with Gasteiger partial charge in [0.15, 0.2) is 0 Å². The minimum Gasteiger partial charge on any atom is -0.301 e. The van der Waals surface area contributed by atoms with Gasteiger partial charge >= 0.3 is 0 Å². The van der Waals surface area contributed by atoms with E-state index in [1.165, 1.54) is 42.8 Å². The number of piperidine rings is 3. The maximum atomic E-state index is 4.66. The normalized spacial score (nSPS) is 37.1. The van der Waals surface area contributed by atoms with E-state index in [1.54, 1.807) is 0 Å². The SMILES string of the molecule is Cc1ccccc1C1NN=C2C3CCN(CC3)C21. The molecule has 94 valence electrons. The predicted molar refractivity (Wildman–Crippen MR) is 72.6 cm³/mol. The first kappa shape index (κ1) is 10.6. The number of benzene rings is 1. The van der Waals surface area contributed by atoms with Crippen LogP contribution in [0.25, 0.3) is 0 Å². The third-order valence-electron chi connectivity index (χ3n) is 4.82. The fourth-order valence-corrected chi connectivity index (χ4v) is 3.83. The van der Waals surface area contributed by atoms with Gasteiger partial charge in [0.25, 0.3) is 0 Å². The molecule has 2 atom stereocenters. The molecular formula is C15H19N3. The Balaban J connectivity index is 1.72. The molecule has 3 saturated heterocycles. The molecule has 1 N–H and O–H groups in total. The van der Waals surface area contributed by atoms with Crippen molar-refractivity contribution < 1.29 is 0 Å². The second-order valence-electron chi connectivity index (χ2n) is 5.76. The molecule has 1 aromatic rings. The highest BCUT2D eigenvalue weighted by molar-refractivity contribution is 5.95. The summed E-state index contributed by atoms with van der Waals surface area (Å²) in [6.07, 6.45) is 2.61. The summed E-state index contributed by atoms with van der Waals surface area (Å²) < 4.78 is 0. The Morgan fingerprint density at radius 3 is 2.78 bits per heavy atom. The summed E-state index contributed by atoms with van der Waals surface area (Å²) in [5.74, 6) is 0.738. The number of nitrogens with one attached hydrogen (secondary N) is 1. The van der Waals surface area contributed by atoms with Gasteiger partial charge in [-0.3, -0.25) is 4.90 Å². The molecule has 0 saturated carbocycles. The molecule has 0 aliphatic carbocycles. The molecule has 1 aromatic carbocycles. The topological polar surface area (TPSA) is 27.6 Å². The van der Waals surface area contributed by atoms with Crippen LogP contribution in [0.3, 0.4) is 0 Å². The number of fused-ring (bicyclic) bond motifs is 2. The van der Waals surface area contributed by atoms with Crippen LogP contribution in [0.4, 0.5) is 0 Å². The Labute approximate surface area is 108 Å². The third-order valence-corrected chi connectivity index (χ3v) is 4.82. The van der Waals surface area contributed by atoms with E-state index in [4.69, 9.17) is 0 Å². The molecule has 2 bridgehead atoms. The van der Waals surface area contributed by atoms with Crippen LogP contribution in [0.5, 0.6) is 0 Å². The number of hydrazone groups is 1. The molecular weight excluding hydrogens is 222 g/mol. The number of hydrogen-bond donors (Lipinski definition) is 1. The number of hydrogen-bond acceptors (Lipinski definition) is 3. The Morgan fingerprint density at radius 1 is 1.22 bits per heavy atom. The van der Waals surface area contributed by atoms with E-state index in [0.717, 1.165) is 5.92 Å². The highest BCUT2D eigenvalue weighted by atomic mass is 15.4. The van der Waals surface area contributed by atoms with E-state index >= 15 is 0 Å². The molecule has 18 heavy (non-hydrogen) atoms. The van der Waals surface area contributed by atoms with Crippen molar-refractivity contribution in [1.82, 2.24) is 10.3 Å². The molecule has 0 radical (unpaired) electrons. The van der Waals surface area contributed by atoms with Crippen LogP contribution in [0.15, 0.2) is 29.4 Å². The summed E-state index contributed by atoms with van der Waals surface area (Å²) in [5.41, 5.74) is 7.60. The van der Waals surface area contributed by atoms with E-state index in [1.807, 2.05) is 0 Å². The first-order chi connectivity index (χ1) is 8.84. The zero-order valence-electron chi connectivity index (χ0n) is 10.8. The molecule has 4 aliphatic heterocycles. The van der Waals surface area contributed by atoms with Gasteiger partial charge < -0.3 is 5.43 Å². The monoisotopic (exact) mass is 241 g/mol. The van der Waals surface area contributed by atoms with Crippen LogP contribution in [-0.4, -0.2) is 29.7 Å². The van der Waals surface area contributed by atoms with E-state index in [-0.39, 0.29) is 0 Å². The van der Waals surface area contributed by atoms with Crippen molar-refractivity contribution in [3.63, 3.8) is 0 Å². The van der Waals surface area contributed by atoms with Crippen LogP contribution in [0.1, 0.15) is 30.0 Å². The fourth-order valence-electron chi connectivity index (χ4n) is 3.83. The summed E-state index contributed by atoms with van der Waals surface area (Å²) in [6.45, 7) is 4.70. The quantitative estimate of drug-likeness (QED) is 0.815. The van der Waals surface area contributed by atoms with Crippen LogP contribution in [0.2, 0.25) is 0 Å². The standard InChI is InChI=1S/C15H19N3/c1-10-4-2-3-5-12(10)14-15-13(16-17-14)11-6-8-18(15)9-7-11/h2-5,11,14-15,17H,6-9H2,1H3. The first-order valence-electron chi connectivity index (χ1n) is 6.97. The number of rotatable bonds is 1. The van der Waals surface area contributed by atoms with Gasteiger partial charge in [0.05, 0.1) is 17.8 Å². The predicted octanol–water partition coefficient (Wildman–Crippen LogP) is 2.09. The summed E-state index contributed by atoms with van der Waals surface area (Å²) in [6, 6.07) is 9.57. The minimum atomic E-state index is 0.365. The van der Waals surface area contributed by atoms with E-state index in [0.29, 0.717) is 12.1 Å². The van der Waals surface area contributed by atoms with Gasteiger partial charge in [-0.25, -0.2) is 0 Å². The molecule has 4 aliphatic rings. The Bertz CT molecular complexity index is 500. The van der Waals surface area contributed by atoms with Gasteiger partial charge in [-0.05, 0) is 44.0 Å². The number of aryl methyl sites for hydroxylation is 1. The van der Waals surface area contributed by atoms with Gasteiger partial charge in [-0.1, -0.05) is 24.3 Å². The molecule has 5 rings (SSSR count). The van der Waals surface area contributed by atoms with Gasteiger partial charge in [-0.2, -0.15) is 5.10 Å². The van der Waals surface area contributed by atoms with Crippen LogP contribution >= 0.6 is 0 Å². The summed E-state index contributed by atoms with van der Waals surface area (Å²) in [4.78, 5) is 2.62. The zero-order valence-corrected chi connectivity index (χ0v) is 10.8. The second kappa shape index (κ2) is 3.82. The third kappa shape index (κ3) is 1.37. The van der Waals surface area contributed by atoms with Gasteiger partial charge in [0.1, 0.15) is 0 Å². The van der Waals surface area contributed by atoms with Crippen molar-refractivity contribution in [2.45, 2.75) is 31.8 Å². The summed E-state index contributed by atoms with van der Waals surface area (Å²) in [7, 11) is 0. The van der Waals surface area contributed by atoms with E-state index in [2.05, 4.69) is 46.6 Å².